The van der Waals surface area contributed by atoms with E-state index in [0.29, 0.717) is 6.61 Å². The molecule has 3 N–H and O–H groups in total. The highest BCUT2D eigenvalue weighted by Crippen LogP contribution is 2.02. The van der Waals surface area contributed by atoms with Crippen molar-refractivity contribution in [1.29, 1.82) is 0 Å². The zero-order valence-corrected chi connectivity index (χ0v) is 9.84. The molecular weight excluding hydrogens is 218 g/mol. The molecule has 17 heavy (non-hydrogen) atoms. The van der Waals surface area contributed by atoms with Crippen LogP contribution in [0.4, 0.5) is 0 Å². The molecule has 0 aliphatic rings. The second-order valence-electron chi connectivity index (χ2n) is 3.88. The van der Waals surface area contributed by atoms with Crippen LogP contribution in [0.25, 0.3) is 0 Å². The Hall–Kier alpha value is -1.39. The van der Waals surface area contributed by atoms with Gasteiger partial charge in [-0.2, -0.15) is 0 Å². The Morgan fingerprint density at radius 1 is 1.35 bits per heavy atom. The molecule has 4 heteroatoms. The number of aliphatic hydroxyl groups is 1. The van der Waals surface area contributed by atoms with E-state index >= 15 is 0 Å². The molecule has 0 bridgehead atoms. The molecule has 0 unspecified atom stereocenters. The first-order chi connectivity index (χ1) is 8.24. The standard InChI is InChI=1S/C13H19NO3/c14-12(8-9-15)13(16)17-10-4-7-11-5-2-1-3-6-11/h1-3,5-6,12,15H,4,7-10,14H2/t12-/m1/s1. The van der Waals surface area contributed by atoms with Crippen molar-refractivity contribution in [1.82, 2.24) is 0 Å². The number of aliphatic hydroxyl groups excluding tert-OH is 1. The van der Waals surface area contributed by atoms with Gasteiger partial charge in [0.2, 0.25) is 0 Å². The molecule has 0 spiro atoms. The van der Waals surface area contributed by atoms with E-state index in [-0.39, 0.29) is 13.0 Å². The fourth-order valence-corrected chi connectivity index (χ4v) is 1.46. The van der Waals surface area contributed by atoms with Crippen LogP contribution in [-0.2, 0) is 16.0 Å². The third-order valence-corrected chi connectivity index (χ3v) is 2.44. The lowest BCUT2D eigenvalue weighted by Crippen LogP contribution is -2.33. The number of carbonyl (C=O) groups is 1. The third-order valence-electron chi connectivity index (χ3n) is 2.44. The van der Waals surface area contributed by atoms with E-state index in [1.165, 1.54) is 5.56 Å². The first kappa shape index (κ1) is 13.7. The third kappa shape index (κ3) is 5.47. The van der Waals surface area contributed by atoms with Crippen LogP contribution in [-0.4, -0.2) is 30.3 Å². The predicted molar refractivity (Wildman–Crippen MR) is 65.4 cm³/mol. The first-order valence-corrected chi connectivity index (χ1v) is 5.81. The molecule has 1 aromatic rings. The molecule has 0 saturated carbocycles. The van der Waals surface area contributed by atoms with Crippen LogP contribution in [0, 0.1) is 0 Å². The van der Waals surface area contributed by atoms with E-state index in [2.05, 4.69) is 0 Å². The van der Waals surface area contributed by atoms with Crippen LogP contribution < -0.4 is 5.73 Å². The normalized spacial score (nSPS) is 12.1. The lowest BCUT2D eigenvalue weighted by atomic mass is 10.1. The maximum absolute atomic E-state index is 11.3. The number of rotatable bonds is 7. The van der Waals surface area contributed by atoms with Crippen molar-refractivity contribution in [2.75, 3.05) is 13.2 Å². The van der Waals surface area contributed by atoms with Gasteiger partial charge in [0, 0.05) is 6.61 Å². The van der Waals surface area contributed by atoms with E-state index < -0.39 is 12.0 Å². The molecule has 0 aliphatic heterocycles. The average Bonchev–Trinajstić information content (AvgIpc) is 2.36. The van der Waals surface area contributed by atoms with Gasteiger partial charge < -0.3 is 15.6 Å². The first-order valence-electron chi connectivity index (χ1n) is 5.81. The summed E-state index contributed by atoms with van der Waals surface area (Å²) in [7, 11) is 0. The van der Waals surface area contributed by atoms with Gasteiger partial charge in [0.05, 0.1) is 6.61 Å². The summed E-state index contributed by atoms with van der Waals surface area (Å²) in [6, 6.07) is 9.31. The highest BCUT2D eigenvalue weighted by Gasteiger charge is 2.13. The molecule has 0 radical (unpaired) electrons. The lowest BCUT2D eigenvalue weighted by Gasteiger charge is -2.09. The van der Waals surface area contributed by atoms with E-state index in [4.69, 9.17) is 15.6 Å². The Balaban J connectivity index is 2.14. The van der Waals surface area contributed by atoms with Crippen LogP contribution in [0.2, 0.25) is 0 Å². The molecule has 4 nitrogen and oxygen atoms in total. The van der Waals surface area contributed by atoms with E-state index in [0.717, 1.165) is 12.8 Å². The fourth-order valence-electron chi connectivity index (χ4n) is 1.46. The van der Waals surface area contributed by atoms with Crippen molar-refractivity contribution in [2.24, 2.45) is 5.73 Å². The van der Waals surface area contributed by atoms with Gasteiger partial charge in [-0.05, 0) is 24.8 Å². The minimum absolute atomic E-state index is 0.0969. The van der Waals surface area contributed by atoms with Crippen molar-refractivity contribution >= 4 is 5.97 Å². The Labute approximate surface area is 101 Å². The number of carbonyl (C=O) groups excluding carboxylic acids is 1. The fraction of sp³-hybridized carbons (Fsp3) is 0.462. The van der Waals surface area contributed by atoms with Gasteiger partial charge in [-0.1, -0.05) is 30.3 Å². The minimum atomic E-state index is -0.711. The second-order valence-corrected chi connectivity index (χ2v) is 3.88. The van der Waals surface area contributed by atoms with Gasteiger partial charge >= 0.3 is 5.97 Å². The van der Waals surface area contributed by atoms with Crippen molar-refractivity contribution in [3.63, 3.8) is 0 Å². The summed E-state index contributed by atoms with van der Waals surface area (Å²) in [5, 5.41) is 8.62. The molecule has 1 rings (SSSR count). The molecule has 0 fully saturated rings. The molecule has 1 aromatic carbocycles. The Bertz CT molecular complexity index is 327. The van der Waals surface area contributed by atoms with Crippen molar-refractivity contribution in [2.45, 2.75) is 25.3 Å². The van der Waals surface area contributed by atoms with Gasteiger partial charge in [-0.25, -0.2) is 0 Å². The van der Waals surface area contributed by atoms with Crippen LogP contribution in [0.5, 0.6) is 0 Å². The smallest absolute Gasteiger partial charge is 0.322 e. The van der Waals surface area contributed by atoms with Gasteiger partial charge in [0.15, 0.2) is 0 Å². The van der Waals surface area contributed by atoms with E-state index in [1.807, 2.05) is 30.3 Å². The maximum Gasteiger partial charge on any atom is 0.322 e. The largest absolute Gasteiger partial charge is 0.465 e. The summed E-state index contributed by atoms with van der Waals surface area (Å²) in [6.07, 6.45) is 1.91. The number of benzene rings is 1. The Morgan fingerprint density at radius 3 is 2.71 bits per heavy atom. The number of esters is 1. The molecule has 0 aromatic heterocycles. The van der Waals surface area contributed by atoms with Crippen LogP contribution in [0.3, 0.4) is 0 Å². The lowest BCUT2D eigenvalue weighted by molar-refractivity contribution is -0.145. The molecular formula is C13H19NO3. The van der Waals surface area contributed by atoms with E-state index in [1.54, 1.807) is 0 Å². The molecule has 0 saturated heterocycles. The van der Waals surface area contributed by atoms with Gasteiger partial charge in [0.25, 0.3) is 0 Å². The molecule has 0 aliphatic carbocycles. The molecule has 94 valence electrons. The Kier molecular flexibility index (Phi) is 6.29. The second kappa shape index (κ2) is 7.81. The summed E-state index contributed by atoms with van der Waals surface area (Å²) in [4.78, 5) is 11.3. The summed E-state index contributed by atoms with van der Waals surface area (Å²) in [6.45, 7) is 0.271. The van der Waals surface area contributed by atoms with Gasteiger partial charge in [-0.3, -0.25) is 4.79 Å². The number of hydrogen-bond acceptors (Lipinski definition) is 4. The van der Waals surface area contributed by atoms with E-state index in [9.17, 15) is 4.79 Å². The van der Waals surface area contributed by atoms with Crippen molar-refractivity contribution in [3.05, 3.63) is 35.9 Å². The maximum atomic E-state index is 11.3. The van der Waals surface area contributed by atoms with Gasteiger partial charge in [-0.15, -0.1) is 0 Å². The van der Waals surface area contributed by atoms with Crippen LogP contribution in [0.1, 0.15) is 18.4 Å². The summed E-state index contributed by atoms with van der Waals surface area (Å²) < 4.78 is 5.00. The van der Waals surface area contributed by atoms with Crippen molar-refractivity contribution in [3.8, 4) is 0 Å². The summed E-state index contributed by atoms with van der Waals surface area (Å²) >= 11 is 0. The topological polar surface area (TPSA) is 72.5 Å². The van der Waals surface area contributed by atoms with Gasteiger partial charge in [0.1, 0.15) is 6.04 Å². The number of ether oxygens (including phenoxy) is 1. The van der Waals surface area contributed by atoms with Crippen LogP contribution in [0.15, 0.2) is 30.3 Å². The van der Waals surface area contributed by atoms with Crippen LogP contribution >= 0.6 is 0 Å². The highest BCUT2D eigenvalue weighted by molar-refractivity contribution is 5.75. The number of aryl methyl sites for hydroxylation is 1. The van der Waals surface area contributed by atoms with Crippen molar-refractivity contribution < 1.29 is 14.6 Å². The molecule has 0 amide bonds. The number of nitrogens with two attached hydrogens (primary N) is 1. The zero-order valence-electron chi connectivity index (χ0n) is 9.84. The predicted octanol–water partition coefficient (Wildman–Crippen LogP) is 0.872. The summed E-state index contributed by atoms with van der Waals surface area (Å²) in [5.74, 6) is -0.438. The number of hydrogen-bond donors (Lipinski definition) is 2. The quantitative estimate of drug-likeness (QED) is 0.545. The Morgan fingerprint density at radius 2 is 2.06 bits per heavy atom. The minimum Gasteiger partial charge on any atom is -0.465 e. The zero-order chi connectivity index (χ0) is 12.5. The average molecular weight is 237 g/mol. The molecule has 0 heterocycles. The highest BCUT2D eigenvalue weighted by atomic mass is 16.5. The monoisotopic (exact) mass is 237 g/mol. The SMILES string of the molecule is N[C@H](CCO)C(=O)OCCCc1ccccc1. The molecule has 1 atom stereocenters. The summed E-state index contributed by atoms with van der Waals surface area (Å²) in [5.41, 5.74) is 6.71.